The molecule has 0 aliphatic heterocycles. The van der Waals surface area contributed by atoms with Gasteiger partial charge in [0.1, 0.15) is 17.8 Å². The number of hydrogen-bond donors (Lipinski definition) is 1. The van der Waals surface area contributed by atoms with Gasteiger partial charge in [-0.1, -0.05) is 47.7 Å². The highest BCUT2D eigenvalue weighted by atomic mass is 32.1. The van der Waals surface area contributed by atoms with E-state index in [0.29, 0.717) is 11.6 Å². The molecular formula is C11H14N2OS. The summed E-state index contributed by atoms with van der Waals surface area (Å²) in [5.74, 6) is 0. The first-order chi connectivity index (χ1) is 7.33. The minimum atomic E-state index is 0.464. The summed E-state index contributed by atoms with van der Waals surface area (Å²) in [6.45, 7) is 3.24. The van der Waals surface area contributed by atoms with Gasteiger partial charge in [-0.2, -0.15) is 0 Å². The molecule has 1 aromatic carbocycles. The van der Waals surface area contributed by atoms with E-state index < -0.39 is 0 Å². The van der Waals surface area contributed by atoms with Crippen LogP contribution in [0, 0.1) is 0 Å². The third-order valence-electron chi connectivity index (χ3n) is 1.67. The van der Waals surface area contributed by atoms with Crippen LogP contribution in [-0.2, 0) is 11.4 Å². The van der Waals surface area contributed by atoms with Gasteiger partial charge in [0.25, 0.3) is 0 Å². The van der Waals surface area contributed by atoms with Crippen molar-refractivity contribution >= 4 is 23.4 Å². The van der Waals surface area contributed by atoms with Crippen LogP contribution in [0.15, 0.2) is 35.5 Å². The zero-order valence-corrected chi connectivity index (χ0v) is 9.46. The second-order valence-corrected chi connectivity index (χ2v) is 3.33. The maximum Gasteiger partial charge on any atom is 0.142 e. The Hall–Kier alpha value is -1.42. The highest BCUT2D eigenvalue weighted by Crippen LogP contribution is 1.99. The van der Waals surface area contributed by atoms with Crippen LogP contribution in [-0.4, -0.2) is 17.7 Å². The summed E-state index contributed by atoms with van der Waals surface area (Å²) >= 11 is 4.94. The third kappa shape index (κ3) is 5.12. The standard InChI is InChI=1S/C11H14N2OS/c1-2-12-11(15)8-13-14-9-10-6-4-3-5-7-10/h3-8H,2,9H2,1H3,(H,12,15)/b13-8+. The zero-order chi connectivity index (χ0) is 10.9. The van der Waals surface area contributed by atoms with Gasteiger partial charge in [-0.25, -0.2) is 0 Å². The van der Waals surface area contributed by atoms with Gasteiger partial charge in [0, 0.05) is 6.54 Å². The van der Waals surface area contributed by atoms with E-state index in [1.807, 2.05) is 37.3 Å². The first-order valence-electron chi connectivity index (χ1n) is 4.80. The molecule has 4 heteroatoms. The predicted octanol–water partition coefficient (Wildman–Crippen LogP) is 2.13. The Morgan fingerprint density at radius 3 is 2.87 bits per heavy atom. The molecule has 80 valence electrons. The first kappa shape index (κ1) is 11.7. The topological polar surface area (TPSA) is 33.6 Å². The van der Waals surface area contributed by atoms with Crippen LogP contribution in [0.5, 0.6) is 0 Å². The van der Waals surface area contributed by atoms with E-state index in [1.54, 1.807) is 0 Å². The summed E-state index contributed by atoms with van der Waals surface area (Å²) in [6, 6.07) is 9.86. The molecular weight excluding hydrogens is 208 g/mol. The second kappa shape index (κ2) is 6.95. The molecule has 1 rings (SSSR count). The van der Waals surface area contributed by atoms with Crippen molar-refractivity contribution in [3.05, 3.63) is 35.9 Å². The Labute approximate surface area is 95.1 Å². The lowest BCUT2D eigenvalue weighted by molar-refractivity contribution is 0.132. The number of rotatable bonds is 5. The van der Waals surface area contributed by atoms with Gasteiger partial charge in [0.2, 0.25) is 0 Å². The smallest absolute Gasteiger partial charge is 0.142 e. The van der Waals surface area contributed by atoms with Crippen molar-refractivity contribution < 1.29 is 4.84 Å². The molecule has 0 spiro atoms. The summed E-state index contributed by atoms with van der Waals surface area (Å²) < 4.78 is 0. The summed E-state index contributed by atoms with van der Waals surface area (Å²) in [7, 11) is 0. The molecule has 0 aromatic heterocycles. The molecule has 0 heterocycles. The van der Waals surface area contributed by atoms with Crippen LogP contribution >= 0.6 is 12.2 Å². The van der Waals surface area contributed by atoms with Gasteiger partial charge < -0.3 is 10.2 Å². The lowest BCUT2D eigenvalue weighted by Gasteiger charge is -2.00. The van der Waals surface area contributed by atoms with E-state index in [1.165, 1.54) is 6.21 Å². The minimum Gasteiger partial charge on any atom is -0.391 e. The monoisotopic (exact) mass is 222 g/mol. The second-order valence-electron chi connectivity index (χ2n) is 2.89. The number of oxime groups is 1. The fraction of sp³-hybridized carbons (Fsp3) is 0.273. The average molecular weight is 222 g/mol. The SMILES string of the molecule is CCNC(=S)/C=N/OCc1ccccc1. The molecule has 15 heavy (non-hydrogen) atoms. The molecule has 0 atom stereocenters. The van der Waals surface area contributed by atoms with Crippen LogP contribution in [0.4, 0.5) is 0 Å². The normalized spacial score (nSPS) is 10.2. The van der Waals surface area contributed by atoms with Crippen LogP contribution in [0.3, 0.4) is 0 Å². The van der Waals surface area contributed by atoms with Crippen molar-refractivity contribution in [2.45, 2.75) is 13.5 Å². The van der Waals surface area contributed by atoms with E-state index in [-0.39, 0.29) is 0 Å². The van der Waals surface area contributed by atoms with Crippen molar-refractivity contribution in [3.8, 4) is 0 Å². The molecule has 0 saturated heterocycles. The molecule has 0 unspecified atom stereocenters. The largest absolute Gasteiger partial charge is 0.391 e. The molecule has 0 amide bonds. The molecule has 0 aliphatic rings. The van der Waals surface area contributed by atoms with E-state index in [0.717, 1.165) is 12.1 Å². The van der Waals surface area contributed by atoms with Crippen molar-refractivity contribution in [1.29, 1.82) is 0 Å². The number of nitrogens with zero attached hydrogens (tertiary/aromatic N) is 1. The van der Waals surface area contributed by atoms with Gasteiger partial charge in [0.05, 0.1) is 0 Å². The zero-order valence-electron chi connectivity index (χ0n) is 8.64. The van der Waals surface area contributed by atoms with Crippen molar-refractivity contribution in [2.24, 2.45) is 5.16 Å². The molecule has 0 radical (unpaired) electrons. The highest BCUT2D eigenvalue weighted by molar-refractivity contribution is 7.81. The highest BCUT2D eigenvalue weighted by Gasteiger charge is 1.90. The Morgan fingerprint density at radius 2 is 2.20 bits per heavy atom. The van der Waals surface area contributed by atoms with Crippen molar-refractivity contribution in [2.75, 3.05) is 6.54 Å². The number of benzene rings is 1. The first-order valence-corrected chi connectivity index (χ1v) is 5.21. The van der Waals surface area contributed by atoms with Gasteiger partial charge in [-0.3, -0.25) is 0 Å². The number of nitrogens with one attached hydrogen (secondary N) is 1. The Kier molecular flexibility index (Phi) is 5.40. The lowest BCUT2D eigenvalue weighted by atomic mass is 10.2. The fourth-order valence-corrected chi connectivity index (χ4v) is 1.18. The predicted molar refractivity (Wildman–Crippen MR) is 66.0 cm³/mol. The van der Waals surface area contributed by atoms with E-state index in [4.69, 9.17) is 17.1 Å². The van der Waals surface area contributed by atoms with Gasteiger partial charge in [-0.15, -0.1) is 0 Å². The van der Waals surface area contributed by atoms with E-state index in [2.05, 4.69) is 10.5 Å². The Morgan fingerprint density at radius 1 is 1.47 bits per heavy atom. The Bertz CT molecular complexity index is 325. The maximum atomic E-state index is 5.08. The van der Waals surface area contributed by atoms with Crippen LogP contribution in [0.25, 0.3) is 0 Å². The molecule has 1 N–H and O–H groups in total. The quantitative estimate of drug-likeness (QED) is 0.471. The molecule has 0 saturated carbocycles. The van der Waals surface area contributed by atoms with Gasteiger partial charge in [-0.05, 0) is 12.5 Å². The van der Waals surface area contributed by atoms with E-state index >= 15 is 0 Å². The molecule has 1 aromatic rings. The van der Waals surface area contributed by atoms with Crippen LogP contribution in [0.1, 0.15) is 12.5 Å². The number of hydrogen-bond acceptors (Lipinski definition) is 3. The molecule has 0 aliphatic carbocycles. The van der Waals surface area contributed by atoms with Gasteiger partial charge >= 0.3 is 0 Å². The molecule has 0 bridgehead atoms. The van der Waals surface area contributed by atoms with Gasteiger partial charge in [0.15, 0.2) is 0 Å². The molecule has 3 nitrogen and oxygen atoms in total. The minimum absolute atomic E-state index is 0.464. The number of thiocarbonyl (C=S) groups is 1. The van der Waals surface area contributed by atoms with Crippen LogP contribution < -0.4 is 5.32 Å². The van der Waals surface area contributed by atoms with Crippen LogP contribution in [0.2, 0.25) is 0 Å². The molecule has 0 fully saturated rings. The van der Waals surface area contributed by atoms with E-state index in [9.17, 15) is 0 Å². The third-order valence-corrected chi connectivity index (χ3v) is 1.92. The van der Waals surface area contributed by atoms with Crippen molar-refractivity contribution in [3.63, 3.8) is 0 Å². The summed E-state index contributed by atoms with van der Waals surface area (Å²) in [5, 5.41) is 6.70. The summed E-state index contributed by atoms with van der Waals surface area (Å²) in [6.07, 6.45) is 1.50. The summed E-state index contributed by atoms with van der Waals surface area (Å²) in [4.78, 5) is 5.67. The average Bonchev–Trinajstić information content (AvgIpc) is 2.26. The fourth-order valence-electron chi connectivity index (χ4n) is 0.991. The van der Waals surface area contributed by atoms with Crippen molar-refractivity contribution in [1.82, 2.24) is 5.32 Å². The Balaban J connectivity index is 2.24. The lowest BCUT2D eigenvalue weighted by Crippen LogP contribution is -2.21. The summed E-state index contributed by atoms with van der Waals surface area (Å²) in [5.41, 5.74) is 1.09. The maximum absolute atomic E-state index is 5.08.